The normalized spacial score (nSPS) is 48.5. The molecule has 5 unspecified atom stereocenters. The predicted molar refractivity (Wildman–Crippen MR) is 62.1 cm³/mol. The molecule has 1 saturated carbocycles. The van der Waals surface area contributed by atoms with Gasteiger partial charge in [0, 0.05) is 18.1 Å². The van der Waals surface area contributed by atoms with Crippen LogP contribution in [0.2, 0.25) is 0 Å². The van der Waals surface area contributed by atoms with E-state index in [0.29, 0.717) is 12.0 Å². The highest BCUT2D eigenvalue weighted by molar-refractivity contribution is 5.23. The van der Waals surface area contributed by atoms with Gasteiger partial charge in [0.15, 0.2) is 6.29 Å². The molecule has 0 aromatic heterocycles. The van der Waals surface area contributed by atoms with Gasteiger partial charge in [0.2, 0.25) is 0 Å². The number of ether oxygens (including phenoxy) is 2. The second kappa shape index (κ2) is 4.24. The summed E-state index contributed by atoms with van der Waals surface area (Å²) in [6.07, 6.45) is 4.50. The fraction of sp³-hybridized carbons (Fsp3) is 0.923. The van der Waals surface area contributed by atoms with Crippen LogP contribution in [0.5, 0.6) is 0 Å². The van der Waals surface area contributed by atoms with Crippen molar-refractivity contribution in [1.29, 1.82) is 5.26 Å². The maximum atomic E-state index is 9.03. The molecule has 17 heavy (non-hydrogen) atoms. The molecular weight excluding hydrogens is 216 g/mol. The van der Waals surface area contributed by atoms with E-state index in [-0.39, 0.29) is 17.7 Å². The molecule has 1 N–H and O–H groups in total. The molecule has 2 saturated heterocycles. The maximum Gasteiger partial charge on any atom is 0.157 e. The third kappa shape index (κ3) is 1.87. The minimum Gasteiger partial charge on any atom is -0.353 e. The SMILES string of the molecule is CC1NC(C#N)C2CC12COC1CCCCO1. The van der Waals surface area contributed by atoms with Crippen molar-refractivity contribution >= 4 is 0 Å². The lowest BCUT2D eigenvalue weighted by Gasteiger charge is -2.26. The molecule has 2 heterocycles. The quantitative estimate of drug-likeness (QED) is 0.805. The molecule has 94 valence electrons. The number of piperidine rings is 1. The zero-order valence-corrected chi connectivity index (χ0v) is 10.3. The number of fused-ring (bicyclic) bond motifs is 1. The molecule has 2 aliphatic heterocycles. The number of hydrogen-bond acceptors (Lipinski definition) is 4. The van der Waals surface area contributed by atoms with Crippen molar-refractivity contribution in [3.8, 4) is 6.07 Å². The van der Waals surface area contributed by atoms with Crippen LogP contribution in [-0.2, 0) is 9.47 Å². The third-order valence-corrected chi connectivity index (χ3v) is 4.69. The van der Waals surface area contributed by atoms with E-state index in [2.05, 4.69) is 18.3 Å². The van der Waals surface area contributed by atoms with Crippen molar-refractivity contribution in [2.45, 2.75) is 51.0 Å². The van der Waals surface area contributed by atoms with E-state index in [4.69, 9.17) is 14.7 Å². The van der Waals surface area contributed by atoms with Crippen LogP contribution in [0.1, 0.15) is 32.6 Å². The van der Waals surface area contributed by atoms with Gasteiger partial charge in [-0.3, -0.25) is 5.32 Å². The maximum absolute atomic E-state index is 9.03. The molecule has 4 nitrogen and oxygen atoms in total. The van der Waals surface area contributed by atoms with Crippen LogP contribution < -0.4 is 5.32 Å². The first-order valence-corrected chi connectivity index (χ1v) is 6.65. The summed E-state index contributed by atoms with van der Waals surface area (Å²) in [6, 6.07) is 2.77. The van der Waals surface area contributed by atoms with Crippen LogP contribution in [-0.4, -0.2) is 31.6 Å². The molecule has 0 bridgehead atoms. The fourth-order valence-electron chi connectivity index (χ4n) is 3.36. The molecule has 0 radical (unpaired) electrons. The van der Waals surface area contributed by atoms with Crippen molar-refractivity contribution in [3.05, 3.63) is 0 Å². The minimum absolute atomic E-state index is 0.00675. The number of rotatable bonds is 3. The fourth-order valence-corrected chi connectivity index (χ4v) is 3.36. The Bertz CT molecular complexity index is 335. The second-order valence-electron chi connectivity index (χ2n) is 5.65. The van der Waals surface area contributed by atoms with Gasteiger partial charge in [-0.1, -0.05) is 0 Å². The number of hydrogen-bond donors (Lipinski definition) is 1. The molecule has 4 heteroatoms. The van der Waals surface area contributed by atoms with Crippen molar-refractivity contribution in [2.24, 2.45) is 11.3 Å². The van der Waals surface area contributed by atoms with Crippen LogP contribution in [0.25, 0.3) is 0 Å². The van der Waals surface area contributed by atoms with E-state index in [1.54, 1.807) is 0 Å². The molecule has 0 spiro atoms. The summed E-state index contributed by atoms with van der Waals surface area (Å²) in [7, 11) is 0. The van der Waals surface area contributed by atoms with Crippen LogP contribution >= 0.6 is 0 Å². The highest BCUT2D eigenvalue weighted by atomic mass is 16.7. The van der Waals surface area contributed by atoms with E-state index in [0.717, 1.165) is 32.5 Å². The van der Waals surface area contributed by atoms with Gasteiger partial charge in [0.25, 0.3) is 0 Å². The first-order valence-electron chi connectivity index (χ1n) is 6.65. The average molecular weight is 236 g/mol. The molecule has 3 rings (SSSR count). The monoisotopic (exact) mass is 236 g/mol. The number of nitrogens with zero attached hydrogens (tertiary/aromatic N) is 1. The smallest absolute Gasteiger partial charge is 0.157 e. The first-order chi connectivity index (χ1) is 8.26. The summed E-state index contributed by atoms with van der Waals surface area (Å²) in [4.78, 5) is 0. The van der Waals surface area contributed by atoms with Gasteiger partial charge in [0.1, 0.15) is 0 Å². The van der Waals surface area contributed by atoms with E-state index in [1.807, 2.05) is 0 Å². The van der Waals surface area contributed by atoms with E-state index >= 15 is 0 Å². The molecule has 5 atom stereocenters. The third-order valence-electron chi connectivity index (χ3n) is 4.69. The molecule has 1 aliphatic carbocycles. The Balaban J connectivity index is 1.54. The highest BCUT2D eigenvalue weighted by Crippen LogP contribution is 2.61. The van der Waals surface area contributed by atoms with Crippen LogP contribution in [0.15, 0.2) is 0 Å². The predicted octanol–water partition coefficient (Wildman–Crippen LogP) is 1.42. The zero-order valence-electron chi connectivity index (χ0n) is 10.3. The second-order valence-corrected chi connectivity index (χ2v) is 5.65. The Morgan fingerprint density at radius 3 is 3.00 bits per heavy atom. The zero-order chi connectivity index (χ0) is 11.9. The summed E-state index contributed by atoms with van der Waals surface area (Å²) in [6.45, 7) is 3.74. The summed E-state index contributed by atoms with van der Waals surface area (Å²) in [5.74, 6) is 0.492. The molecule has 0 aromatic rings. The van der Waals surface area contributed by atoms with Crippen molar-refractivity contribution in [3.63, 3.8) is 0 Å². The first kappa shape index (κ1) is 11.5. The van der Waals surface area contributed by atoms with E-state index in [9.17, 15) is 0 Å². The molecule has 3 fully saturated rings. The van der Waals surface area contributed by atoms with Crippen molar-refractivity contribution in [1.82, 2.24) is 5.32 Å². The van der Waals surface area contributed by atoms with Crippen LogP contribution in [0.4, 0.5) is 0 Å². The summed E-state index contributed by atoms with van der Waals surface area (Å²) in [5, 5.41) is 12.4. The van der Waals surface area contributed by atoms with Gasteiger partial charge in [-0.15, -0.1) is 0 Å². The largest absolute Gasteiger partial charge is 0.353 e. The standard InChI is InChI=1S/C13H20N2O2/c1-9-13(6-10(13)11(7-14)15-9)8-17-12-4-2-3-5-16-12/h9-12,15H,2-6,8H2,1H3. The van der Waals surface area contributed by atoms with Gasteiger partial charge in [-0.05, 0) is 38.5 Å². The molecular formula is C13H20N2O2. The lowest BCUT2D eigenvalue weighted by molar-refractivity contribution is -0.172. The lowest BCUT2D eigenvalue weighted by atomic mass is 9.99. The van der Waals surface area contributed by atoms with Crippen LogP contribution in [0, 0.1) is 22.7 Å². The summed E-state index contributed by atoms with van der Waals surface area (Å²) < 4.78 is 11.5. The van der Waals surface area contributed by atoms with Gasteiger partial charge < -0.3 is 9.47 Å². The molecule has 0 aromatic carbocycles. The molecule has 0 amide bonds. The Hall–Kier alpha value is -0.630. The lowest BCUT2D eigenvalue weighted by Crippen LogP contribution is -2.36. The Morgan fingerprint density at radius 1 is 1.53 bits per heavy atom. The van der Waals surface area contributed by atoms with E-state index in [1.165, 1.54) is 6.42 Å². The number of nitrogens with one attached hydrogen (secondary N) is 1. The summed E-state index contributed by atoms with van der Waals surface area (Å²) >= 11 is 0. The Kier molecular flexibility index (Phi) is 2.86. The van der Waals surface area contributed by atoms with Gasteiger partial charge >= 0.3 is 0 Å². The van der Waals surface area contributed by atoms with Gasteiger partial charge in [0.05, 0.1) is 18.7 Å². The Labute approximate surface area is 102 Å². The van der Waals surface area contributed by atoms with Crippen LogP contribution in [0.3, 0.4) is 0 Å². The summed E-state index contributed by atoms with van der Waals surface area (Å²) in [5.41, 5.74) is 0.210. The van der Waals surface area contributed by atoms with E-state index < -0.39 is 0 Å². The van der Waals surface area contributed by atoms with Gasteiger partial charge in [-0.2, -0.15) is 5.26 Å². The average Bonchev–Trinajstić information content (AvgIpc) is 3.04. The van der Waals surface area contributed by atoms with Crippen molar-refractivity contribution < 1.29 is 9.47 Å². The van der Waals surface area contributed by atoms with Crippen molar-refractivity contribution in [2.75, 3.05) is 13.2 Å². The molecule has 3 aliphatic rings. The van der Waals surface area contributed by atoms with Gasteiger partial charge in [-0.25, -0.2) is 0 Å². The Morgan fingerprint density at radius 2 is 2.41 bits per heavy atom. The highest BCUT2D eigenvalue weighted by Gasteiger charge is 2.66. The number of nitriles is 1. The topological polar surface area (TPSA) is 54.3 Å². The minimum atomic E-state index is -0.00675.